The molecule has 3 heterocycles. The van der Waals surface area contributed by atoms with E-state index in [2.05, 4.69) is 20.4 Å². The Bertz CT molecular complexity index is 959. The molecule has 3 aromatic rings. The summed E-state index contributed by atoms with van der Waals surface area (Å²) in [5.41, 5.74) is 2.07. The van der Waals surface area contributed by atoms with Crippen LogP contribution in [0.25, 0.3) is 11.5 Å². The number of H-pyrrole nitrogens is 1. The average Bonchev–Trinajstić information content (AvgIpc) is 3.41. The SMILES string of the molecule is Cc1ccc(F)cc1C(=O)NCC1CCN(Cc2ccc(-c3ccn[nH]3)o2)CC1. The van der Waals surface area contributed by atoms with Crippen LogP contribution in [0.5, 0.6) is 0 Å². The number of rotatable bonds is 6. The molecule has 0 aliphatic carbocycles. The van der Waals surface area contributed by atoms with Gasteiger partial charge in [0, 0.05) is 18.3 Å². The summed E-state index contributed by atoms with van der Waals surface area (Å²) in [6.45, 7) is 5.13. The van der Waals surface area contributed by atoms with E-state index in [4.69, 9.17) is 4.42 Å². The summed E-state index contributed by atoms with van der Waals surface area (Å²) in [5, 5.41) is 9.82. The second-order valence-corrected chi connectivity index (χ2v) is 7.63. The topological polar surface area (TPSA) is 74.2 Å². The maximum Gasteiger partial charge on any atom is 0.251 e. The third-order valence-corrected chi connectivity index (χ3v) is 5.51. The number of hydrogen-bond donors (Lipinski definition) is 2. The first-order valence-electron chi connectivity index (χ1n) is 9.93. The van der Waals surface area contributed by atoms with E-state index in [0.717, 1.165) is 55.3 Å². The molecule has 0 bridgehead atoms. The molecule has 4 rings (SSSR count). The summed E-state index contributed by atoms with van der Waals surface area (Å²) < 4.78 is 19.3. The van der Waals surface area contributed by atoms with E-state index >= 15 is 0 Å². The molecule has 0 unspecified atom stereocenters. The molecule has 7 heteroatoms. The summed E-state index contributed by atoms with van der Waals surface area (Å²) in [5.74, 6) is 1.57. The molecule has 1 aliphatic heterocycles. The first-order chi connectivity index (χ1) is 14.1. The Kier molecular flexibility index (Phi) is 5.76. The number of aromatic amines is 1. The lowest BCUT2D eigenvalue weighted by atomic mass is 9.96. The summed E-state index contributed by atoms with van der Waals surface area (Å²) in [4.78, 5) is 14.7. The summed E-state index contributed by atoms with van der Waals surface area (Å²) in [7, 11) is 0. The van der Waals surface area contributed by atoms with Gasteiger partial charge in [0.15, 0.2) is 5.76 Å². The Morgan fingerprint density at radius 1 is 1.28 bits per heavy atom. The number of nitrogens with one attached hydrogen (secondary N) is 2. The van der Waals surface area contributed by atoms with Crippen molar-refractivity contribution in [3.05, 3.63) is 65.3 Å². The number of amides is 1. The van der Waals surface area contributed by atoms with E-state index in [9.17, 15) is 9.18 Å². The smallest absolute Gasteiger partial charge is 0.251 e. The monoisotopic (exact) mass is 396 g/mol. The molecular formula is C22H25FN4O2. The zero-order chi connectivity index (χ0) is 20.2. The fourth-order valence-corrected chi connectivity index (χ4v) is 3.74. The standard InChI is InChI=1S/C22H25FN4O2/c1-15-2-3-17(23)12-19(15)22(28)24-13-16-7-10-27(11-8-16)14-18-4-5-21(29-18)20-6-9-25-26-20/h2-6,9,12,16H,7-8,10-11,13-14H2,1H3,(H,24,28)(H,25,26). The molecular weight excluding hydrogens is 371 g/mol. The molecule has 152 valence electrons. The number of benzene rings is 1. The Balaban J connectivity index is 1.23. The Morgan fingerprint density at radius 2 is 2.10 bits per heavy atom. The molecule has 6 nitrogen and oxygen atoms in total. The molecule has 0 atom stereocenters. The van der Waals surface area contributed by atoms with Crippen LogP contribution in [-0.2, 0) is 6.54 Å². The van der Waals surface area contributed by atoms with Gasteiger partial charge in [-0.05, 0) is 74.7 Å². The Morgan fingerprint density at radius 3 is 2.86 bits per heavy atom. The van der Waals surface area contributed by atoms with Gasteiger partial charge in [-0.3, -0.25) is 14.8 Å². The summed E-state index contributed by atoms with van der Waals surface area (Å²) in [6, 6.07) is 10.2. The van der Waals surface area contributed by atoms with Crippen LogP contribution in [0.2, 0.25) is 0 Å². The minimum atomic E-state index is -0.386. The zero-order valence-electron chi connectivity index (χ0n) is 16.5. The highest BCUT2D eigenvalue weighted by atomic mass is 19.1. The first kappa shape index (κ1) is 19.4. The molecule has 1 aromatic carbocycles. The normalized spacial score (nSPS) is 15.5. The number of likely N-dealkylation sites (tertiary alicyclic amines) is 1. The van der Waals surface area contributed by atoms with Gasteiger partial charge in [0.2, 0.25) is 0 Å². The predicted octanol–water partition coefficient (Wildman–Crippen LogP) is 3.76. The van der Waals surface area contributed by atoms with Gasteiger partial charge in [0.25, 0.3) is 5.91 Å². The highest BCUT2D eigenvalue weighted by Gasteiger charge is 2.21. The van der Waals surface area contributed by atoms with Crippen LogP contribution < -0.4 is 5.32 Å². The molecule has 2 N–H and O–H groups in total. The van der Waals surface area contributed by atoms with Crippen molar-refractivity contribution in [2.45, 2.75) is 26.3 Å². The average molecular weight is 396 g/mol. The van der Waals surface area contributed by atoms with Gasteiger partial charge in [-0.15, -0.1) is 0 Å². The molecule has 29 heavy (non-hydrogen) atoms. The molecule has 1 amide bonds. The second-order valence-electron chi connectivity index (χ2n) is 7.63. The minimum Gasteiger partial charge on any atom is -0.458 e. The number of nitrogens with zero attached hydrogens (tertiary/aromatic N) is 2. The fourth-order valence-electron chi connectivity index (χ4n) is 3.74. The Labute approximate surface area is 169 Å². The number of halogens is 1. The predicted molar refractivity (Wildman–Crippen MR) is 108 cm³/mol. The number of furan rings is 1. The van der Waals surface area contributed by atoms with Crippen LogP contribution in [0, 0.1) is 18.7 Å². The second kappa shape index (κ2) is 8.61. The van der Waals surface area contributed by atoms with E-state index in [1.807, 2.05) is 25.1 Å². The largest absolute Gasteiger partial charge is 0.458 e. The van der Waals surface area contributed by atoms with Gasteiger partial charge in [0.1, 0.15) is 17.3 Å². The number of carbonyl (C=O) groups excluding carboxylic acids is 1. The number of hydrogen-bond acceptors (Lipinski definition) is 4. The number of piperidine rings is 1. The maximum absolute atomic E-state index is 13.4. The van der Waals surface area contributed by atoms with E-state index in [1.165, 1.54) is 12.1 Å². The van der Waals surface area contributed by atoms with Crippen LogP contribution in [0.3, 0.4) is 0 Å². The van der Waals surface area contributed by atoms with Crippen molar-refractivity contribution in [3.63, 3.8) is 0 Å². The molecule has 0 spiro atoms. The zero-order valence-corrected chi connectivity index (χ0v) is 16.5. The Hall–Kier alpha value is -2.93. The minimum absolute atomic E-state index is 0.202. The van der Waals surface area contributed by atoms with E-state index in [0.29, 0.717) is 18.0 Å². The highest BCUT2D eigenvalue weighted by Crippen LogP contribution is 2.23. The number of aromatic nitrogens is 2. The van der Waals surface area contributed by atoms with E-state index in [1.54, 1.807) is 12.3 Å². The van der Waals surface area contributed by atoms with Crippen molar-refractivity contribution < 1.29 is 13.6 Å². The lowest BCUT2D eigenvalue weighted by molar-refractivity contribution is 0.0933. The molecule has 1 aliphatic rings. The lowest BCUT2D eigenvalue weighted by Gasteiger charge is -2.31. The van der Waals surface area contributed by atoms with Crippen LogP contribution in [-0.4, -0.2) is 40.6 Å². The van der Waals surface area contributed by atoms with Crippen LogP contribution in [0.1, 0.15) is 34.5 Å². The quantitative estimate of drug-likeness (QED) is 0.665. The van der Waals surface area contributed by atoms with Gasteiger partial charge in [-0.25, -0.2) is 4.39 Å². The van der Waals surface area contributed by atoms with Gasteiger partial charge < -0.3 is 9.73 Å². The fraction of sp³-hybridized carbons (Fsp3) is 0.364. The van der Waals surface area contributed by atoms with Gasteiger partial charge >= 0.3 is 0 Å². The van der Waals surface area contributed by atoms with E-state index in [-0.39, 0.29) is 11.7 Å². The lowest BCUT2D eigenvalue weighted by Crippen LogP contribution is -2.38. The highest BCUT2D eigenvalue weighted by molar-refractivity contribution is 5.95. The van der Waals surface area contributed by atoms with Crippen molar-refractivity contribution in [3.8, 4) is 11.5 Å². The summed E-state index contributed by atoms with van der Waals surface area (Å²) >= 11 is 0. The third kappa shape index (κ3) is 4.74. The number of aryl methyl sites for hydroxylation is 1. The van der Waals surface area contributed by atoms with Crippen molar-refractivity contribution >= 4 is 5.91 Å². The third-order valence-electron chi connectivity index (χ3n) is 5.51. The maximum atomic E-state index is 13.4. The van der Waals surface area contributed by atoms with Gasteiger partial charge in [-0.2, -0.15) is 5.10 Å². The molecule has 2 aromatic heterocycles. The van der Waals surface area contributed by atoms with Crippen molar-refractivity contribution in [1.82, 2.24) is 20.4 Å². The van der Waals surface area contributed by atoms with E-state index < -0.39 is 0 Å². The van der Waals surface area contributed by atoms with Crippen molar-refractivity contribution in [2.24, 2.45) is 5.92 Å². The molecule has 1 fully saturated rings. The van der Waals surface area contributed by atoms with Crippen LogP contribution in [0.15, 0.2) is 47.0 Å². The first-order valence-corrected chi connectivity index (χ1v) is 9.93. The van der Waals surface area contributed by atoms with Crippen molar-refractivity contribution in [1.29, 1.82) is 0 Å². The van der Waals surface area contributed by atoms with Crippen molar-refractivity contribution in [2.75, 3.05) is 19.6 Å². The van der Waals surface area contributed by atoms with Crippen LogP contribution >= 0.6 is 0 Å². The molecule has 1 saturated heterocycles. The molecule has 0 saturated carbocycles. The molecule has 0 radical (unpaired) electrons. The van der Waals surface area contributed by atoms with Gasteiger partial charge in [-0.1, -0.05) is 6.07 Å². The van der Waals surface area contributed by atoms with Gasteiger partial charge in [0.05, 0.1) is 6.54 Å². The van der Waals surface area contributed by atoms with Crippen LogP contribution in [0.4, 0.5) is 4.39 Å². The summed E-state index contributed by atoms with van der Waals surface area (Å²) in [6.07, 6.45) is 3.73. The number of carbonyl (C=O) groups is 1.